The van der Waals surface area contributed by atoms with Gasteiger partial charge in [-0.1, -0.05) is 32.3 Å². The maximum atomic E-state index is 12.8. The van der Waals surface area contributed by atoms with Crippen LogP contribution in [0.3, 0.4) is 0 Å². The topological polar surface area (TPSA) is 99.1 Å². The molecule has 2 atom stereocenters. The van der Waals surface area contributed by atoms with Gasteiger partial charge in [0.1, 0.15) is 0 Å². The van der Waals surface area contributed by atoms with E-state index in [4.69, 9.17) is 4.74 Å². The van der Waals surface area contributed by atoms with E-state index in [9.17, 15) is 19.8 Å². The van der Waals surface area contributed by atoms with Crippen molar-refractivity contribution >= 4 is 12.0 Å². The molecule has 7 nitrogen and oxygen atoms in total. The third-order valence-corrected chi connectivity index (χ3v) is 6.41. The van der Waals surface area contributed by atoms with Crippen LogP contribution in [0.2, 0.25) is 0 Å². The van der Waals surface area contributed by atoms with Gasteiger partial charge in [-0.25, -0.2) is 4.79 Å². The highest BCUT2D eigenvalue weighted by molar-refractivity contribution is 5.83. The number of benzene rings is 1. The number of phenols is 1. The molecule has 0 radical (unpaired) electrons. The normalized spacial score (nSPS) is 27.0. The van der Waals surface area contributed by atoms with Gasteiger partial charge in [-0.15, -0.1) is 0 Å². The van der Waals surface area contributed by atoms with Crippen LogP contribution in [-0.4, -0.2) is 46.8 Å². The lowest BCUT2D eigenvalue weighted by atomic mass is 9.70. The average molecular weight is 390 g/mol. The molecule has 1 aromatic rings. The van der Waals surface area contributed by atoms with Crippen molar-refractivity contribution in [3.05, 3.63) is 23.8 Å². The number of carbonyl (C=O) groups excluding carboxylic acids is 1. The van der Waals surface area contributed by atoms with E-state index in [1.54, 1.807) is 12.1 Å². The number of carbonyl (C=O) groups is 2. The summed E-state index contributed by atoms with van der Waals surface area (Å²) in [6.07, 6.45) is 4.45. The van der Waals surface area contributed by atoms with Crippen LogP contribution in [0.1, 0.15) is 44.6 Å². The van der Waals surface area contributed by atoms with E-state index < -0.39 is 6.09 Å². The van der Waals surface area contributed by atoms with E-state index in [2.05, 4.69) is 12.2 Å². The summed E-state index contributed by atoms with van der Waals surface area (Å²) in [7, 11) is 1.48. The number of hydrogen-bond donors (Lipinski definition) is 3. The quantitative estimate of drug-likeness (QED) is 0.693. The molecule has 2 aliphatic rings. The lowest BCUT2D eigenvalue weighted by Gasteiger charge is -2.50. The summed E-state index contributed by atoms with van der Waals surface area (Å²) in [5.41, 5.74) is 0.817. The maximum absolute atomic E-state index is 12.8. The van der Waals surface area contributed by atoms with Crippen LogP contribution >= 0.6 is 0 Å². The largest absolute Gasteiger partial charge is 0.504 e. The second-order valence-electron chi connectivity index (χ2n) is 7.95. The molecule has 1 saturated carbocycles. The Morgan fingerprint density at radius 2 is 1.96 bits per heavy atom. The standard InChI is InChI=1S/C21H30N2O5/c1-3-13-4-7-15(8-5-13)19-16(12-23(19)21(26)27)20(25)22-11-14-6-9-17(24)18(10-14)28-2/h6,9-10,13,15-16,19,24H,3-5,7-8,11-12H2,1-2H3,(H,22,25)(H,26,27). The number of methoxy groups -OCH3 is 1. The van der Waals surface area contributed by atoms with Crippen LogP contribution in [0, 0.1) is 17.8 Å². The molecule has 28 heavy (non-hydrogen) atoms. The third kappa shape index (κ3) is 4.18. The molecule has 3 N–H and O–H groups in total. The summed E-state index contributed by atoms with van der Waals surface area (Å²) in [4.78, 5) is 25.7. The molecule has 7 heteroatoms. The molecule has 0 aromatic heterocycles. The van der Waals surface area contributed by atoms with Crippen LogP contribution in [0.4, 0.5) is 4.79 Å². The van der Waals surface area contributed by atoms with Crippen molar-refractivity contribution in [3.8, 4) is 11.5 Å². The fraction of sp³-hybridized carbons (Fsp3) is 0.619. The van der Waals surface area contributed by atoms with Crippen LogP contribution in [0.5, 0.6) is 11.5 Å². The van der Waals surface area contributed by atoms with Crippen LogP contribution in [0.15, 0.2) is 18.2 Å². The number of nitrogens with zero attached hydrogens (tertiary/aromatic N) is 1. The Morgan fingerprint density at radius 1 is 1.25 bits per heavy atom. The monoisotopic (exact) mass is 390 g/mol. The molecule has 0 spiro atoms. The van der Waals surface area contributed by atoms with E-state index >= 15 is 0 Å². The number of likely N-dealkylation sites (tertiary alicyclic amines) is 1. The number of nitrogens with one attached hydrogen (secondary N) is 1. The molecule has 154 valence electrons. The molecule has 2 fully saturated rings. The molecule has 1 aliphatic carbocycles. The molecule has 3 rings (SSSR count). The zero-order valence-corrected chi connectivity index (χ0v) is 16.6. The van der Waals surface area contributed by atoms with Gasteiger partial charge < -0.3 is 25.2 Å². The Bertz CT molecular complexity index is 715. The molecule has 0 bridgehead atoms. The van der Waals surface area contributed by atoms with E-state index in [1.807, 2.05) is 0 Å². The zero-order chi connectivity index (χ0) is 20.3. The zero-order valence-electron chi connectivity index (χ0n) is 16.6. The van der Waals surface area contributed by atoms with Crippen molar-refractivity contribution in [1.29, 1.82) is 0 Å². The fourth-order valence-electron chi connectivity index (χ4n) is 4.64. The van der Waals surface area contributed by atoms with Gasteiger partial charge in [0, 0.05) is 13.1 Å². The SMILES string of the molecule is CCC1CCC(C2C(C(=O)NCc3ccc(O)c(OC)c3)CN2C(=O)O)CC1. The summed E-state index contributed by atoms with van der Waals surface area (Å²) in [5.74, 6) is 1.00. The van der Waals surface area contributed by atoms with E-state index in [1.165, 1.54) is 24.5 Å². The first-order valence-electron chi connectivity index (χ1n) is 10.1. The van der Waals surface area contributed by atoms with Crippen LogP contribution < -0.4 is 10.1 Å². The van der Waals surface area contributed by atoms with Crippen molar-refractivity contribution in [2.75, 3.05) is 13.7 Å². The number of hydrogen-bond acceptors (Lipinski definition) is 4. The number of carboxylic acid groups (broad SMARTS) is 1. The van der Waals surface area contributed by atoms with Gasteiger partial charge in [-0.2, -0.15) is 0 Å². The van der Waals surface area contributed by atoms with Gasteiger partial charge >= 0.3 is 6.09 Å². The minimum atomic E-state index is -0.935. The van der Waals surface area contributed by atoms with Crippen molar-refractivity contribution in [2.45, 2.75) is 51.6 Å². The second kappa shape index (κ2) is 8.71. The van der Waals surface area contributed by atoms with Crippen LogP contribution in [0.25, 0.3) is 0 Å². The smallest absolute Gasteiger partial charge is 0.407 e. The summed E-state index contributed by atoms with van der Waals surface area (Å²) in [5, 5.41) is 22.1. The number of phenolic OH excluding ortho intramolecular Hbond substituents is 1. The maximum Gasteiger partial charge on any atom is 0.407 e. The van der Waals surface area contributed by atoms with Crippen LogP contribution in [-0.2, 0) is 11.3 Å². The van der Waals surface area contributed by atoms with Crippen molar-refractivity contribution in [3.63, 3.8) is 0 Å². The Labute approximate surface area is 165 Å². The van der Waals surface area contributed by atoms with Gasteiger partial charge in [-0.3, -0.25) is 4.79 Å². The van der Waals surface area contributed by atoms with Gasteiger partial charge in [0.2, 0.25) is 5.91 Å². The molecule has 1 aromatic carbocycles. The lowest BCUT2D eigenvalue weighted by Crippen LogP contribution is -2.65. The summed E-state index contributed by atoms with van der Waals surface area (Å²) in [6.45, 7) is 2.78. The lowest BCUT2D eigenvalue weighted by molar-refractivity contribution is -0.136. The average Bonchev–Trinajstić information content (AvgIpc) is 2.67. The highest BCUT2D eigenvalue weighted by atomic mass is 16.5. The highest BCUT2D eigenvalue weighted by Gasteiger charge is 2.50. The molecule has 1 aliphatic heterocycles. The van der Waals surface area contributed by atoms with Gasteiger partial charge in [0.25, 0.3) is 0 Å². The second-order valence-corrected chi connectivity index (χ2v) is 7.95. The number of aromatic hydroxyl groups is 1. The van der Waals surface area contributed by atoms with E-state index in [-0.39, 0.29) is 36.1 Å². The third-order valence-electron chi connectivity index (χ3n) is 6.41. The molecule has 2 amide bonds. The Hall–Kier alpha value is -2.44. The minimum Gasteiger partial charge on any atom is -0.504 e. The van der Waals surface area contributed by atoms with Gasteiger partial charge in [0.05, 0.1) is 19.1 Å². The number of ether oxygens (including phenoxy) is 1. The van der Waals surface area contributed by atoms with Gasteiger partial charge in [0.15, 0.2) is 11.5 Å². The molecule has 1 saturated heterocycles. The Balaban J connectivity index is 1.61. The molecule has 1 heterocycles. The highest BCUT2D eigenvalue weighted by Crippen LogP contribution is 2.41. The van der Waals surface area contributed by atoms with E-state index in [0.717, 1.165) is 37.2 Å². The molecular weight excluding hydrogens is 360 g/mol. The summed E-state index contributed by atoms with van der Waals surface area (Å²) in [6, 6.07) is 4.73. The molecular formula is C21H30N2O5. The first-order chi connectivity index (χ1) is 13.4. The Kier molecular flexibility index (Phi) is 6.31. The number of amides is 2. The fourth-order valence-corrected chi connectivity index (χ4v) is 4.64. The van der Waals surface area contributed by atoms with Gasteiger partial charge in [-0.05, 0) is 42.4 Å². The summed E-state index contributed by atoms with van der Waals surface area (Å²) >= 11 is 0. The van der Waals surface area contributed by atoms with Crippen molar-refractivity contribution < 1.29 is 24.5 Å². The van der Waals surface area contributed by atoms with Crippen molar-refractivity contribution in [1.82, 2.24) is 10.2 Å². The predicted octanol–water partition coefficient (Wildman–Crippen LogP) is 3.21. The first kappa shape index (κ1) is 20.3. The Morgan fingerprint density at radius 3 is 2.57 bits per heavy atom. The summed E-state index contributed by atoms with van der Waals surface area (Å²) < 4.78 is 5.09. The van der Waals surface area contributed by atoms with E-state index in [0.29, 0.717) is 12.3 Å². The van der Waals surface area contributed by atoms with Crippen molar-refractivity contribution in [2.24, 2.45) is 17.8 Å². The number of rotatable bonds is 6. The predicted molar refractivity (Wildman–Crippen MR) is 104 cm³/mol. The minimum absolute atomic E-state index is 0.0522. The first-order valence-corrected chi connectivity index (χ1v) is 10.1. The molecule has 2 unspecified atom stereocenters.